The van der Waals surface area contributed by atoms with Crippen molar-refractivity contribution in [1.82, 2.24) is 9.97 Å². The van der Waals surface area contributed by atoms with Gasteiger partial charge < -0.3 is 15.4 Å². The molecule has 0 atom stereocenters. The molecule has 0 fully saturated rings. The number of ether oxygens (including phenoxy) is 1. The molecule has 2 N–H and O–H groups in total. The third-order valence-corrected chi connectivity index (χ3v) is 4.81. The number of hydrogen-bond donors (Lipinski definition) is 2. The van der Waals surface area contributed by atoms with Crippen LogP contribution in [-0.4, -0.2) is 23.6 Å². The van der Waals surface area contributed by atoms with Crippen molar-refractivity contribution in [3.05, 3.63) is 32.9 Å². The van der Waals surface area contributed by atoms with E-state index in [1.165, 1.54) is 0 Å². The van der Waals surface area contributed by atoms with E-state index >= 15 is 0 Å². The molecule has 1 aliphatic heterocycles. The lowest BCUT2D eigenvalue weighted by Gasteiger charge is -2.21. The Morgan fingerprint density at radius 3 is 2.91 bits per heavy atom. The van der Waals surface area contributed by atoms with Crippen molar-refractivity contribution < 1.29 is 4.74 Å². The Morgan fingerprint density at radius 1 is 1.32 bits per heavy atom. The number of rotatable bonds is 3. The van der Waals surface area contributed by atoms with Gasteiger partial charge in [-0.3, -0.25) is 0 Å². The van der Waals surface area contributed by atoms with Crippen LogP contribution in [0.15, 0.2) is 16.6 Å². The van der Waals surface area contributed by atoms with Crippen molar-refractivity contribution in [3.8, 4) is 5.75 Å². The van der Waals surface area contributed by atoms with Gasteiger partial charge in [-0.1, -0.05) is 11.6 Å². The first kappa shape index (κ1) is 15.4. The predicted molar refractivity (Wildman–Crippen MR) is 92.6 cm³/mol. The summed E-state index contributed by atoms with van der Waals surface area (Å²) >= 11 is 9.96. The molecule has 0 saturated carbocycles. The number of nitrogens with zero attached hydrogens (tertiary/aromatic N) is 2. The third-order valence-electron chi connectivity index (χ3n) is 3.43. The second-order valence-corrected chi connectivity index (χ2v) is 6.26. The largest absolute Gasteiger partial charge is 0.492 e. The van der Waals surface area contributed by atoms with Gasteiger partial charge in [-0.25, -0.2) is 4.98 Å². The molecule has 0 amide bonds. The average Bonchev–Trinajstić information content (AvgIpc) is 2.52. The number of halogens is 2. The van der Waals surface area contributed by atoms with Gasteiger partial charge in [-0.15, -0.1) is 0 Å². The van der Waals surface area contributed by atoms with Crippen LogP contribution >= 0.6 is 27.5 Å². The number of fused-ring (bicyclic) bond motifs is 1. The first-order valence-corrected chi connectivity index (χ1v) is 8.19. The standard InChI is InChI=1S/C15H16BrClN4O/c1-8-6-11(18-2)21-15(19-8)20-10-7-9-4-3-5-22-14(9)12(16)13(10)17/h6-7H,3-5H2,1-2H3,(H2,18,19,20,21). The van der Waals surface area contributed by atoms with Gasteiger partial charge in [0.1, 0.15) is 11.6 Å². The highest BCUT2D eigenvalue weighted by Crippen LogP contribution is 2.43. The molecular formula is C15H16BrClN4O. The molecule has 0 radical (unpaired) electrons. The van der Waals surface area contributed by atoms with Crippen molar-refractivity contribution in [3.63, 3.8) is 0 Å². The number of anilines is 3. The van der Waals surface area contributed by atoms with Crippen LogP contribution in [0.1, 0.15) is 17.7 Å². The summed E-state index contributed by atoms with van der Waals surface area (Å²) in [4.78, 5) is 8.78. The topological polar surface area (TPSA) is 59.1 Å². The summed E-state index contributed by atoms with van der Waals surface area (Å²) in [6.45, 7) is 2.65. The summed E-state index contributed by atoms with van der Waals surface area (Å²) in [5, 5.41) is 6.78. The van der Waals surface area contributed by atoms with Gasteiger partial charge in [-0.05, 0) is 47.3 Å². The number of nitrogens with one attached hydrogen (secondary N) is 2. The van der Waals surface area contributed by atoms with Crippen molar-refractivity contribution in [2.24, 2.45) is 0 Å². The van der Waals surface area contributed by atoms with E-state index < -0.39 is 0 Å². The third kappa shape index (κ3) is 2.98. The van der Waals surface area contributed by atoms with Gasteiger partial charge in [0.15, 0.2) is 0 Å². The quantitative estimate of drug-likeness (QED) is 0.827. The zero-order valence-corrected chi connectivity index (χ0v) is 14.7. The molecule has 0 aliphatic carbocycles. The summed E-state index contributed by atoms with van der Waals surface area (Å²) < 4.78 is 6.47. The summed E-state index contributed by atoms with van der Waals surface area (Å²) in [5.74, 6) is 2.10. The van der Waals surface area contributed by atoms with E-state index in [-0.39, 0.29) is 0 Å². The van der Waals surface area contributed by atoms with E-state index in [1.54, 1.807) is 0 Å². The molecule has 2 heterocycles. The number of hydrogen-bond acceptors (Lipinski definition) is 5. The Morgan fingerprint density at radius 2 is 2.14 bits per heavy atom. The van der Waals surface area contributed by atoms with E-state index in [1.807, 2.05) is 26.1 Å². The lowest BCUT2D eigenvalue weighted by molar-refractivity contribution is 0.286. The van der Waals surface area contributed by atoms with Gasteiger partial charge >= 0.3 is 0 Å². The molecular weight excluding hydrogens is 368 g/mol. The second-order valence-electron chi connectivity index (χ2n) is 5.09. The fraction of sp³-hybridized carbons (Fsp3) is 0.333. The van der Waals surface area contributed by atoms with Crippen LogP contribution in [0.3, 0.4) is 0 Å². The van der Waals surface area contributed by atoms with Crippen LogP contribution in [0.5, 0.6) is 5.75 Å². The second kappa shape index (κ2) is 6.30. The first-order chi connectivity index (χ1) is 10.6. The minimum Gasteiger partial charge on any atom is -0.492 e. The molecule has 7 heteroatoms. The normalized spacial score (nSPS) is 13.3. The Bertz CT molecular complexity index is 723. The van der Waals surface area contributed by atoms with E-state index in [0.717, 1.165) is 52.4 Å². The Balaban J connectivity index is 1.99. The number of aryl methyl sites for hydroxylation is 2. The van der Waals surface area contributed by atoms with Crippen molar-refractivity contribution in [2.45, 2.75) is 19.8 Å². The zero-order valence-electron chi connectivity index (χ0n) is 12.3. The lowest BCUT2D eigenvalue weighted by atomic mass is 10.1. The first-order valence-electron chi connectivity index (χ1n) is 7.02. The highest BCUT2D eigenvalue weighted by Gasteiger charge is 2.20. The summed E-state index contributed by atoms with van der Waals surface area (Å²) in [6, 6.07) is 3.88. The maximum Gasteiger partial charge on any atom is 0.229 e. The lowest BCUT2D eigenvalue weighted by Crippen LogP contribution is -2.10. The van der Waals surface area contributed by atoms with Gasteiger partial charge in [0.25, 0.3) is 0 Å². The van der Waals surface area contributed by atoms with Gasteiger partial charge in [0.05, 0.1) is 21.8 Å². The maximum atomic E-state index is 6.43. The SMILES string of the molecule is CNc1cc(C)nc(Nc2cc3c(c(Br)c2Cl)OCCC3)n1. The molecule has 1 aliphatic rings. The molecule has 0 unspecified atom stereocenters. The zero-order chi connectivity index (χ0) is 15.7. The molecule has 1 aromatic heterocycles. The van der Waals surface area contributed by atoms with Gasteiger partial charge in [-0.2, -0.15) is 4.98 Å². The van der Waals surface area contributed by atoms with Gasteiger partial charge in [0.2, 0.25) is 5.95 Å². The fourth-order valence-electron chi connectivity index (χ4n) is 2.40. The van der Waals surface area contributed by atoms with Crippen LogP contribution in [0.4, 0.5) is 17.5 Å². The van der Waals surface area contributed by atoms with Crippen LogP contribution in [0.2, 0.25) is 5.02 Å². The van der Waals surface area contributed by atoms with Crippen molar-refractivity contribution in [1.29, 1.82) is 0 Å². The Labute approximate surface area is 142 Å². The molecule has 22 heavy (non-hydrogen) atoms. The van der Waals surface area contributed by atoms with Crippen LogP contribution in [-0.2, 0) is 6.42 Å². The number of aromatic nitrogens is 2. The summed E-state index contributed by atoms with van der Waals surface area (Å²) in [7, 11) is 1.82. The molecule has 0 bridgehead atoms. The molecule has 0 spiro atoms. The molecule has 3 rings (SSSR count). The van der Waals surface area contributed by atoms with Crippen molar-refractivity contribution in [2.75, 3.05) is 24.3 Å². The molecule has 0 saturated heterocycles. The molecule has 116 valence electrons. The smallest absolute Gasteiger partial charge is 0.229 e. The molecule has 5 nitrogen and oxygen atoms in total. The van der Waals surface area contributed by atoms with Crippen molar-refractivity contribution >= 4 is 45.0 Å². The van der Waals surface area contributed by atoms with E-state index in [2.05, 4.69) is 36.5 Å². The van der Waals surface area contributed by atoms with E-state index in [9.17, 15) is 0 Å². The number of benzene rings is 1. The molecule has 1 aromatic carbocycles. The van der Waals surface area contributed by atoms with Crippen LogP contribution in [0, 0.1) is 6.92 Å². The highest BCUT2D eigenvalue weighted by atomic mass is 79.9. The monoisotopic (exact) mass is 382 g/mol. The minimum absolute atomic E-state index is 0.509. The predicted octanol–water partition coefficient (Wildman–Crippen LogP) is 4.31. The minimum atomic E-state index is 0.509. The Kier molecular flexibility index (Phi) is 4.40. The highest BCUT2D eigenvalue weighted by molar-refractivity contribution is 9.10. The summed E-state index contributed by atoms with van der Waals surface area (Å²) in [6.07, 6.45) is 1.97. The van der Waals surface area contributed by atoms with Gasteiger partial charge in [0, 0.05) is 18.8 Å². The average molecular weight is 384 g/mol. The Hall–Kier alpha value is -1.53. The van der Waals surface area contributed by atoms with Crippen LogP contribution in [0.25, 0.3) is 0 Å². The maximum absolute atomic E-state index is 6.43. The fourth-order valence-corrected chi connectivity index (χ4v) is 3.17. The summed E-state index contributed by atoms with van der Waals surface area (Å²) in [5.41, 5.74) is 2.77. The van der Waals surface area contributed by atoms with E-state index in [4.69, 9.17) is 16.3 Å². The van der Waals surface area contributed by atoms with E-state index in [0.29, 0.717) is 11.0 Å². The van der Waals surface area contributed by atoms with Crippen LogP contribution < -0.4 is 15.4 Å². The molecule has 2 aromatic rings.